The SMILES string of the molecule is CONC(=O)[C@H]1CCC[C@@H](N)C1. The molecule has 0 aromatic carbocycles. The summed E-state index contributed by atoms with van der Waals surface area (Å²) in [6.07, 6.45) is 3.80. The summed E-state index contributed by atoms with van der Waals surface area (Å²) in [4.78, 5) is 15.8. The molecule has 0 aromatic heterocycles. The molecule has 2 atom stereocenters. The third kappa shape index (κ3) is 2.46. The van der Waals surface area contributed by atoms with Gasteiger partial charge in [0.2, 0.25) is 5.91 Å². The Kier molecular flexibility index (Phi) is 3.49. The molecular formula is C8H16N2O2. The van der Waals surface area contributed by atoms with E-state index in [2.05, 4.69) is 10.3 Å². The van der Waals surface area contributed by atoms with E-state index in [9.17, 15) is 4.79 Å². The lowest BCUT2D eigenvalue weighted by Crippen LogP contribution is -2.37. The Balaban J connectivity index is 2.35. The zero-order valence-electron chi connectivity index (χ0n) is 7.38. The van der Waals surface area contributed by atoms with Crippen LogP contribution in [-0.4, -0.2) is 19.1 Å². The van der Waals surface area contributed by atoms with E-state index in [-0.39, 0.29) is 17.9 Å². The second-order valence-corrected chi connectivity index (χ2v) is 3.29. The number of carbonyl (C=O) groups is 1. The van der Waals surface area contributed by atoms with Crippen LogP contribution in [0.3, 0.4) is 0 Å². The molecule has 4 heteroatoms. The predicted octanol–water partition coefficient (Wildman–Crippen LogP) is 0.181. The van der Waals surface area contributed by atoms with Gasteiger partial charge in [-0.2, -0.15) is 0 Å². The highest BCUT2D eigenvalue weighted by atomic mass is 16.6. The van der Waals surface area contributed by atoms with E-state index >= 15 is 0 Å². The van der Waals surface area contributed by atoms with Crippen LogP contribution in [0, 0.1) is 5.92 Å². The zero-order valence-corrected chi connectivity index (χ0v) is 7.38. The van der Waals surface area contributed by atoms with Crippen molar-refractivity contribution in [3.8, 4) is 0 Å². The summed E-state index contributed by atoms with van der Waals surface area (Å²) in [6.45, 7) is 0. The third-order valence-corrected chi connectivity index (χ3v) is 2.29. The van der Waals surface area contributed by atoms with Crippen LogP contribution in [0.5, 0.6) is 0 Å². The van der Waals surface area contributed by atoms with Gasteiger partial charge in [0.05, 0.1) is 7.11 Å². The fraction of sp³-hybridized carbons (Fsp3) is 0.875. The maximum Gasteiger partial charge on any atom is 0.246 e. The molecular weight excluding hydrogens is 156 g/mol. The van der Waals surface area contributed by atoms with Gasteiger partial charge in [-0.25, -0.2) is 5.48 Å². The van der Waals surface area contributed by atoms with E-state index in [0.717, 1.165) is 25.7 Å². The smallest absolute Gasteiger partial charge is 0.246 e. The summed E-state index contributed by atoms with van der Waals surface area (Å²) in [5, 5.41) is 0. The van der Waals surface area contributed by atoms with Gasteiger partial charge in [-0.1, -0.05) is 6.42 Å². The maximum atomic E-state index is 11.3. The van der Waals surface area contributed by atoms with Crippen molar-refractivity contribution in [2.75, 3.05) is 7.11 Å². The Labute approximate surface area is 72.4 Å². The van der Waals surface area contributed by atoms with Gasteiger partial charge in [-0.3, -0.25) is 9.63 Å². The van der Waals surface area contributed by atoms with Crippen LogP contribution in [0.4, 0.5) is 0 Å². The number of hydrogen-bond acceptors (Lipinski definition) is 3. The van der Waals surface area contributed by atoms with Gasteiger partial charge in [-0.05, 0) is 19.3 Å². The first-order valence-electron chi connectivity index (χ1n) is 4.32. The Bertz CT molecular complexity index is 161. The van der Waals surface area contributed by atoms with Gasteiger partial charge < -0.3 is 5.73 Å². The number of amides is 1. The lowest BCUT2D eigenvalue weighted by atomic mass is 9.86. The molecule has 0 spiro atoms. The molecule has 1 fully saturated rings. The van der Waals surface area contributed by atoms with E-state index in [1.807, 2.05) is 0 Å². The second-order valence-electron chi connectivity index (χ2n) is 3.29. The van der Waals surface area contributed by atoms with Crippen molar-refractivity contribution in [3.63, 3.8) is 0 Å². The van der Waals surface area contributed by atoms with E-state index < -0.39 is 0 Å². The summed E-state index contributed by atoms with van der Waals surface area (Å²) in [5.74, 6) is 0.0151. The van der Waals surface area contributed by atoms with Crippen LogP contribution >= 0.6 is 0 Å². The highest BCUT2D eigenvalue weighted by Gasteiger charge is 2.24. The van der Waals surface area contributed by atoms with Crippen molar-refractivity contribution in [2.24, 2.45) is 11.7 Å². The van der Waals surface area contributed by atoms with Crippen molar-refractivity contribution >= 4 is 5.91 Å². The number of hydrogen-bond donors (Lipinski definition) is 2. The van der Waals surface area contributed by atoms with E-state index in [1.165, 1.54) is 7.11 Å². The van der Waals surface area contributed by atoms with E-state index in [1.54, 1.807) is 0 Å². The molecule has 0 radical (unpaired) electrons. The Morgan fingerprint density at radius 2 is 2.33 bits per heavy atom. The lowest BCUT2D eigenvalue weighted by Gasteiger charge is -2.24. The van der Waals surface area contributed by atoms with Gasteiger partial charge in [0, 0.05) is 12.0 Å². The maximum absolute atomic E-state index is 11.3. The molecule has 0 aliphatic heterocycles. The first-order valence-corrected chi connectivity index (χ1v) is 4.32. The molecule has 1 amide bonds. The number of rotatable bonds is 2. The number of nitrogens with two attached hydrogens (primary N) is 1. The van der Waals surface area contributed by atoms with Gasteiger partial charge in [0.1, 0.15) is 0 Å². The molecule has 1 aliphatic rings. The molecule has 0 bridgehead atoms. The minimum Gasteiger partial charge on any atom is -0.328 e. The quantitative estimate of drug-likeness (QED) is 0.584. The van der Waals surface area contributed by atoms with Gasteiger partial charge in [-0.15, -0.1) is 0 Å². The minimum absolute atomic E-state index is 0.0346. The normalized spacial score (nSPS) is 29.8. The molecule has 0 heterocycles. The van der Waals surface area contributed by atoms with Crippen molar-refractivity contribution in [1.82, 2.24) is 5.48 Å². The molecule has 1 rings (SSSR count). The Morgan fingerprint density at radius 3 is 2.92 bits per heavy atom. The molecule has 0 unspecified atom stereocenters. The molecule has 12 heavy (non-hydrogen) atoms. The van der Waals surface area contributed by atoms with E-state index in [4.69, 9.17) is 5.73 Å². The fourth-order valence-corrected chi connectivity index (χ4v) is 1.65. The Hall–Kier alpha value is -0.610. The number of nitrogens with one attached hydrogen (secondary N) is 1. The first-order chi connectivity index (χ1) is 5.74. The van der Waals surface area contributed by atoms with E-state index in [0.29, 0.717) is 0 Å². The largest absolute Gasteiger partial charge is 0.328 e. The average molecular weight is 172 g/mol. The average Bonchev–Trinajstić information content (AvgIpc) is 2.05. The van der Waals surface area contributed by atoms with Crippen molar-refractivity contribution in [2.45, 2.75) is 31.7 Å². The minimum atomic E-state index is -0.0346. The van der Waals surface area contributed by atoms with Crippen LogP contribution in [0.2, 0.25) is 0 Å². The van der Waals surface area contributed by atoms with Crippen molar-refractivity contribution in [1.29, 1.82) is 0 Å². The van der Waals surface area contributed by atoms with Crippen LogP contribution in [0.15, 0.2) is 0 Å². The zero-order chi connectivity index (χ0) is 8.97. The van der Waals surface area contributed by atoms with Gasteiger partial charge in [0.25, 0.3) is 0 Å². The molecule has 70 valence electrons. The van der Waals surface area contributed by atoms with Crippen LogP contribution < -0.4 is 11.2 Å². The topological polar surface area (TPSA) is 64.3 Å². The third-order valence-electron chi connectivity index (χ3n) is 2.29. The summed E-state index contributed by atoms with van der Waals surface area (Å²) >= 11 is 0. The molecule has 0 saturated heterocycles. The summed E-state index contributed by atoms with van der Waals surface area (Å²) in [7, 11) is 1.45. The van der Waals surface area contributed by atoms with Crippen molar-refractivity contribution < 1.29 is 9.63 Å². The summed E-state index contributed by atoms with van der Waals surface area (Å²) < 4.78 is 0. The predicted molar refractivity (Wildman–Crippen MR) is 45.1 cm³/mol. The molecule has 1 saturated carbocycles. The monoisotopic (exact) mass is 172 g/mol. The highest BCUT2D eigenvalue weighted by Crippen LogP contribution is 2.22. The van der Waals surface area contributed by atoms with Crippen LogP contribution in [0.1, 0.15) is 25.7 Å². The molecule has 0 aromatic rings. The second kappa shape index (κ2) is 4.42. The summed E-state index contributed by atoms with van der Waals surface area (Å²) in [6, 6.07) is 0.186. The Morgan fingerprint density at radius 1 is 1.58 bits per heavy atom. The molecule has 1 aliphatic carbocycles. The first kappa shape index (κ1) is 9.48. The number of hydroxylamine groups is 1. The fourth-order valence-electron chi connectivity index (χ4n) is 1.65. The van der Waals surface area contributed by atoms with Crippen LogP contribution in [0.25, 0.3) is 0 Å². The standard InChI is InChI=1S/C8H16N2O2/c1-12-10-8(11)6-3-2-4-7(9)5-6/h6-7H,2-5,9H2,1H3,(H,10,11)/t6-,7+/m0/s1. The van der Waals surface area contributed by atoms with Gasteiger partial charge >= 0.3 is 0 Å². The lowest BCUT2D eigenvalue weighted by molar-refractivity contribution is -0.136. The number of carbonyl (C=O) groups excluding carboxylic acids is 1. The van der Waals surface area contributed by atoms with Crippen molar-refractivity contribution in [3.05, 3.63) is 0 Å². The van der Waals surface area contributed by atoms with Gasteiger partial charge in [0.15, 0.2) is 0 Å². The summed E-state index contributed by atoms with van der Waals surface area (Å²) in [5.41, 5.74) is 8.08. The highest BCUT2D eigenvalue weighted by molar-refractivity contribution is 5.77. The molecule has 4 nitrogen and oxygen atoms in total. The molecule has 3 N–H and O–H groups in total. The van der Waals surface area contributed by atoms with Crippen LogP contribution in [-0.2, 0) is 9.63 Å².